The molecule has 5 atom stereocenters. The van der Waals surface area contributed by atoms with E-state index in [-0.39, 0.29) is 6.04 Å². The average molecular weight is 555 g/mol. The van der Waals surface area contributed by atoms with Crippen molar-refractivity contribution in [1.82, 2.24) is 9.88 Å². The van der Waals surface area contributed by atoms with Crippen molar-refractivity contribution < 1.29 is 13.8 Å². The molecular weight excluding hydrogens is 519 g/mol. The smallest absolute Gasteiger partial charge is 0.392 e. The van der Waals surface area contributed by atoms with Gasteiger partial charge in [0, 0.05) is 35.5 Å². The summed E-state index contributed by atoms with van der Waals surface area (Å²) in [6.07, 6.45) is 5.47. The predicted octanol–water partition coefficient (Wildman–Crippen LogP) is 7.53. The van der Waals surface area contributed by atoms with E-state index >= 15 is 0 Å². The van der Waals surface area contributed by atoms with Crippen molar-refractivity contribution in [3.63, 3.8) is 0 Å². The number of pyridine rings is 1. The molecule has 3 saturated heterocycles. The van der Waals surface area contributed by atoms with Crippen LogP contribution < -0.4 is 14.9 Å². The van der Waals surface area contributed by atoms with Crippen molar-refractivity contribution in [1.29, 1.82) is 0 Å². The Balaban J connectivity index is 1.45. The number of rotatable bonds is 10. The summed E-state index contributed by atoms with van der Waals surface area (Å²) in [6.45, 7) is 6.00. The molecule has 0 saturated carbocycles. The highest BCUT2D eigenvalue weighted by atomic mass is 31.2. The van der Waals surface area contributed by atoms with Gasteiger partial charge in [0.2, 0.25) is 0 Å². The zero-order chi connectivity index (χ0) is 27.5. The lowest BCUT2D eigenvalue weighted by Gasteiger charge is -2.51. The number of nitrogens with zero attached hydrogens (tertiary/aromatic N) is 2. The van der Waals surface area contributed by atoms with Gasteiger partial charge in [-0.15, -0.1) is 6.58 Å². The Morgan fingerprint density at radius 3 is 2.33 bits per heavy atom. The van der Waals surface area contributed by atoms with Crippen molar-refractivity contribution in [3.8, 4) is 5.75 Å². The zero-order valence-electron chi connectivity index (χ0n) is 22.6. The lowest BCUT2D eigenvalue weighted by Crippen LogP contribution is -2.55. The molecule has 0 spiro atoms. The number of piperidine rings is 3. The van der Waals surface area contributed by atoms with Crippen LogP contribution >= 0.6 is 7.67 Å². The number of para-hydroxylation sites is 2. The van der Waals surface area contributed by atoms with Crippen molar-refractivity contribution >= 4 is 29.9 Å². The van der Waals surface area contributed by atoms with Crippen LogP contribution in [0.4, 0.5) is 11.4 Å². The first-order valence-corrected chi connectivity index (χ1v) is 15.4. The van der Waals surface area contributed by atoms with Crippen LogP contribution in [0, 0.1) is 11.8 Å². The molecule has 0 aliphatic carbocycles. The van der Waals surface area contributed by atoms with Crippen LogP contribution in [0.3, 0.4) is 0 Å². The number of hydrogen-bond donors (Lipinski definition) is 2. The summed E-state index contributed by atoms with van der Waals surface area (Å²) in [6, 6.07) is 27.0. The third-order valence-corrected chi connectivity index (χ3v) is 9.78. The zero-order valence-corrected chi connectivity index (χ0v) is 23.5. The number of hydrogen-bond acceptors (Lipinski definition) is 5. The molecule has 3 fully saturated rings. The number of ether oxygens (including phenoxy) is 1. The summed E-state index contributed by atoms with van der Waals surface area (Å²) in [7, 11) is -2.03. The molecule has 1 aromatic heterocycles. The number of fused-ring (bicyclic) bond motifs is 4. The maximum absolute atomic E-state index is 14.8. The van der Waals surface area contributed by atoms with Crippen molar-refractivity contribution in [2.75, 3.05) is 30.4 Å². The Kier molecular flexibility index (Phi) is 7.61. The molecule has 3 aliphatic rings. The van der Waals surface area contributed by atoms with Gasteiger partial charge in [0.05, 0.1) is 12.6 Å². The first kappa shape index (κ1) is 26.6. The Morgan fingerprint density at radius 2 is 1.73 bits per heavy atom. The monoisotopic (exact) mass is 554 g/mol. The fourth-order valence-corrected chi connectivity index (χ4v) is 7.87. The lowest BCUT2D eigenvalue weighted by molar-refractivity contribution is -0.0345. The molecule has 2 N–H and O–H groups in total. The largest absolute Gasteiger partial charge is 0.497 e. The highest BCUT2D eigenvalue weighted by Gasteiger charge is 2.45. The maximum Gasteiger partial charge on any atom is 0.392 e. The fraction of sp³-hybridized carbons (Fsp3) is 0.281. The van der Waals surface area contributed by atoms with Gasteiger partial charge in [-0.1, -0.05) is 42.5 Å². The van der Waals surface area contributed by atoms with Gasteiger partial charge in [0.15, 0.2) is 0 Å². The summed E-state index contributed by atoms with van der Waals surface area (Å²) in [5, 5.41) is 7.38. The van der Waals surface area contributed by atoms with Crippen molar-refractivity contribution in [2.45, 2.75) is 25.0 Å². The molecular formula is C32H35N4O3P. The SMILES string of the molecule is C=C[C@H]1CN2CC[C@H]1C[C@@H]2[C@H](OP(=O)(Nc1ccccc1)Nc1ccccc1)c1ccnc2ccc(OC)cc12. The number of nitrogens with one attached hydrogen (secondary N) is 2. The van der Waals surface area contributed by atoms with Gasteiger partial charge in [-0.2, -0.15) is 0 Å². The van der Waals surface area contributed by atoms with Crippen LogP contribution in [-0.2, 0) is 9.09 Å². The van der Waals surface area contributed by atoms with E-state index in [1.54, 1.807) is 7.11 Å². The minimum absolute atomic E-state index is 0.0372. The van der Waals surface area contributed by atoms with Gasteiger partial charge in [-0.05, 0) is 85.3 Å². The van der Waals surface area contributed by atoms with Gasteiger partial charge < -0.3 is 4.74 Å². The van der Waals surface area contributed by atoms with Crippen LogP contribution in [0.1, 0.15) is 24.5 Å². The molecule has 7 nitrogen and oxygen atoms in total. The van der Waals surface area contributed by atoms with Gasteiger partial charge in [0.1, 0.15) is 11.9 Å². The van der Waals surface area contributed by atoms with Crippen molar-refractivity contribution in [2.24, 2.45) is 11.8 Å². The topological polar surface area (TPSA) is 75.7 Å². The second-order valence-electron chi connectivity index (χ2n) is 10.6. The van der Waals surface area contributed by atoms with E-state index in [0.717, 1.165) is 48.1 Å². The van der Waals surface area contributed by atoms with Crippen LogP contribution in [0.25, 0.3) is 10.9 Å². The third kappa shape index (κ3) is 5.50. The predicted molar refractivity (Wildman–Crippen MR) is 162 cm³/mol. The quantitative estimate of drug-likeness (QED) is 0.155. The number of benzene rings is 3. The van der Waals surface area contributed by atoms with E-state index in [1.165, 1.54) is 0 Å². The molecule has 2 bridgehead atoms. The summed E-state index contributed by atoms with van der Waals surface area (Å²) in [4.78, 5) is 7.10. The second-order valence-corrected chi connectivity index (χ2v) is 12.3. The van der Waals surface area contributed by atoms with Gasteiger partial charge in [-0.25, -0.2) is 4.57 Å². The molecule has 4 aromatic rings. The maximum atomic E-state index is 14.8. The minimum atomic E-state index is -3.69. The first-order chi connectivity index (χ1) is 19.5. The Bertz CT molecular complexity index is 1470. The van der Waals surface area contributed by atoms with E-state index in [4.69, 9.17) is 9.26 Å². The number of anilines is 2. The van der Waals surface area contributed by atoms with Crippen LogP contribution in [0.2, 0.25) is 0 Å². The van der Waals surface area contributed by atoms with E-state index in [1.807, 2.05) is 91.1 Å². The average Bonchev–Trinajstić information content (AvgIpc) is 3.00. The third-order valence-electron chi connectivity index (χ3n) is 8.15. The normalized spacial score (nSPS) is 22.9. The van der Waals surface area contributed by atoms with E-state index in [0.29, 0.717) is 23.2 Å². The molecule has 4 heterocycles. The molecule has 0 amide bonds. The standard InChI is InChI=1S/C32H35N4O3P/c1-3-23-22-36-19-17-24(23)20-31(36)32(28-16-18-33-30-15-14-27(38-2)21-29(28)30)39-40(37,34-25-10-6-4-7-11-25)35-26-12-8-5-9-13-26/h3-16,18,21,23-24,31-32H,1,17,19-20,22H2,2H3,(H2,34,35,37)/t23-,24-,31+,32+/m0/s1. The highest BCUT2D eigenvalue weighted by molar-refractivity contribution is 7.62. The van der Waals surface area contributed by atoms with E-state index in [9.17, 15) is 4.57 Å². The molecule has 206 valence electrons. The molecule has 7 rings (SSSR count). The number of aromatic nitrogens is 1. The lowest BCUT2D eigenvalue weighted by atomic mass is 9.73. The second kappa shape index (κ2) is 11.5. The first-order valence-electron chi connectivity index (χ1n) is 13.8. The van der Waals surface area contributed by atoms with Crippen LogP contribution in [-0.4, -0.2) is 36.1 Å². The van der Waals surface area contributed by atoms with Gasteiger partial charge >= 0.3 is 7.67 Å². The Morgan fingerprint density at radius 1 is 1.02 bits per heavy atom. The van der Waals surface area contributed by atoms with Crippen molar-refractivity contribution in [3.05, 3.63) is 109 Å². The molecule has 40 heavy (non-hydrogen) atoms. The van der Waals surface area contributed by atoms with Crippen LogP contribution in [0.15, 0.2) is 104 Å². The molecule has 3 aliphatic heterocycles. The van der Waals surface area contributed by atoms with Crippen LogP contribution in [0.5, 0.6) is 5.75 Å². The summed E-state index contributed by atoms with van der Waals surface area (Å²) >= 11 is 0. The Labute approximate surface area is 235 Å². The molecule has 0 radical (unpaired) electrons. The highest BCUT2D eigenvalue weighted by Crippen LogP contribution is 2.54. The number of methoxy groups -OCH3 is 1. The fourth-order valence-electron chi connectivity index (χ4n) is 6.15. The summed E-state index contributed by atoms with van der Waals surface area (Å²) in [5.74, 6) is 1.71. The molecule has 1 unspecified atom stereocenters. The summed E-state index contributed by atoms with van der Waals surface area (Å²) in [5.41, 5.74) is 3.22. The molecule has 3 aromatic carbocycles. The van der Waals surface area contributed by atoms with Gasteiger partial charge in [0.25, 0.3) is 0 Å². The summed E-state index contributed by atoms with van der Waals surface area (Å²) < 4.78 is 27.3. The van der Waals surface area contributed by atoms with E-state index < -0.39 is 13.8 Å². The van der Waals surface area contributed by atoms with Gasteiger partial charge in [-0.3, -0.25) is 24.6 Å². The van der Waals surface area contributed by atoms with E-state index in [2.05, 4.69) is 32.7 Å². The Hall–Kier alpha value is -3.64. The minimum Gasteiger partial charge on any atom is -0.497 e. The molecule has 8 heteroatoms.